The number of aromatic nitrogens is 2. The number of nitrogens with one attached hydrogen (secondary N) is 2. The Morgan fingerprint density at radius 3 is 2.44 bits per heavy atom. The lowest BCUT2D eigenvalue weighted by atomic mass is 10.3. The van der Waals surface area contributed by atoms with E-state index in [0.717, 1.165) is 11.8 Å². The highest BCUT2D eigenvalue weighted by Crippen LogP contribution is 2.22. The van der Waals surface area contributed by atoms with Gasteiger partial charge in [-0.1, -0.05) is 24.0 Å². The first kappa shape index (κ1) is 17.5. The molecule has 2 heterocycles. The van der Waals surface area contributed by atoms with Gasteiger partial charge in [0.2, 0.25) is 10.0 Å². The Balaban J connectivity index is 1.72. The van der Waals surface area contributed by atoms with Crippen LogP contribution in [-0.4, -0.2) is 34.0 Å². The predicted molar refractivity (Wildman–Crippen MR) is 95.1 cm³/mol. The van der Waals surface area contributed by atoms with Gasteiger partial charge in [-0.25, -0.2) is 18.4 Å². The van der Waals surface area contributed by atoms with Gasteiger partial charge in [-0.15, -0.1) is 10.2 Å². The van der Waals surface area contributed by atoms with Crippen LogP contribution in [0.2, 0.25) is 0 Å². The summed E-state index contributed by atoms with van der Waals surface area (Å²) in [5, 5.41) is 9.15. The van der Waals surface area contributed by atoms with Crippen LogP contribution < -0.4 is 10.0 Å². The molecular formula is C13H10N6O3S3. The van der Waals surface area contributed by atoms with Gasteiger partial charge in [0, 0.05) is 12.4 Å². The minimum atomic E-state index is -3.87. The van der Waals surface area contributed by atoms with Crippen molar-refractivity contribution in [3.05, 3.63) is 42.7 Å². The number of sulfonamides is 1. The van der Waals surface area contributed by atoms with E-state index in [1.54, 1.807) is 6.07 Å². The molecule has 1 aliphatic rings. The third kappa shape index (κ3) is 4.42. The molecule has 3 rings (SSSR count). The fraction of sp³-hybridized carbons (Fsp3) is 0.0769. The van der Waals surface area contributed by atoms with Crippen LogP contribution in [0, 0.1) is 0 Å². The number of thioether (sulfide) groups is 1. The molecular weight excluding hydrogens is 384 g/mol. The lowest BCUT2D eigenvalue weighted by Crippen LogP contribution is -2.38. The number of benzene rings is 1. The van der Waals surface area contributed by atoms with E-state index in [0.29, 0.717) is 5.69 Å². The smallest absolute Gasteiger partial charge is 0.268 e. The fourth-order valence-electron chi connectivity index (χ4n) is 1.78. The van der Waals surface area contributed by atoms with E-state index in [9.17, 15) is 13.2 Å². The summed E-state index contributed by atoms with van der Waals surface area (Å²) in [5.41, 5.74) is 0.431. The van der Waals surface area contributed by atoms with Gasteiger partial charge in [-0.05, 0) is 30.3 Å². The van der Waals surface area contributed by atoms with Crippen LogP contribution in [-0.2, 0) is 14.8 Å². The second kappa shape index (κ2) is 7.31. The van der Waals surface area contributed by atoms with Crippen molar-refractivity contribution in [2.24, 2.45) is 10.2 Å². The first-order chi connectivity index (χ1) is 11.9. The minimum absolute atomic E-state index is 0.00590. The normalized spacial score (nSPS) is 17.8. The van der Waals surface area contributed by atoms with Crippen molar-refractivity contribution in [1.82, 2.24) is 20.0 Å². The monoisotopic (exact) mass is 394 g/mol. The fourth-order valence-corrected chi connectivity index (χ4v) is 4.30. The van der Waals surface area contributed by atoms with Crippen LogP contribution >= 0.6 is 24.0 Å². The van der Waals surface area contributed by atoms with E-state index < -0.39 is 21.3 Å². The van der Waals surface area contributed by atoms with Gasteiger partial charge >= 0.3 is 0 Å². The molecule has 1 aliphatic heterocycles. The van der Waals surface area contributed by atoms with Crippen molar-refractivity contribution >= 4 is 55.9 Å². The average molecular weight is 394 g/mol. The van der Waals surface area contributed by atoms with Crippen LogP contribution in [0.15, 0.2) is 57.8 Å². The van der Waals surface area contributed by atoms with Crippen LogP contribution in [0.4, 0.5) is 11.6 Å². The summed E-state index contributed by atoms with van der Waals surface area (Å²) in [4.78, 5) is 19.4. The first-order valence-corrected chi connectivity index (χ1v) is 9.54. The first-order valence-electron chi connectivity index (χ1n) is 6.77. The summed E-state index contributed by atoms with van der Waals surface area (Å²) >= 11 is 5.77. The molecule has 2 aromatic rings. The Bertz CT molecular complexity index is 931. The number of carbonyl (C=O) groups excluding carboxylic acids is 1. The number of azo groups is 1. The molecule has 0 saturated carbocycles. The molecule has 0 spiro atoms. The van der Waals surface area contributed by atoms with E-state index in [1.165, 1.54) is 36.7 Å². The lowest BCUT2D eigenvalue weighted by molar-refractivity contribution is -0.118. The molecule has 12 heteroatoms. The number of amides is 1. The minimum Gasteiger partial charge on any atom is -0.309 e. The van der Waals surface area contributed by atoms with Gasteiger partial charge in [0.05, 0.1) is 10.6 Å². The van der Waals surface area contributed by atoms with E-state index in [-0.39, 0.29) is 15.2 Å². The van der Waals surface area contributed by atoms with Crippen LogP contribution in [0.25, 0.3) is 0 Å². The second-order valence-electron chi connectivity index (χ2n) is 4.64. The Labute approximate surface area is 152 Å². The van der Waals surface area contributed by atoms with Gasteiger partial charge in [0.1, 0.15) is 4.32 Å². The third-order valence-electron chi connectivity index (χ3n) is 2.90. The van der Waals surface area contributed by atoms with Crippen LogP contribution in [0.5, 0.6) is 0 Å². The summed E-state index contributed by atoms with van der Waals surface area (Å²) in [6.45, 7) is 0. The Hall–Kier alpha value is -2.28. The molecule has 1 unspecified atom stereocenters. The molecule has 1 atom stereocenters. The summed E-state index contributed by atoms with van der Waals surface area (Å²) in [7, 11) is -3.87. The summed E-state index contributed by atoms with van der Waals surface area (Å²) < 4.78 is 27.1. The molecule has 0 bridgehead atoms. The Kier molecular flexibility index (Phi) is 5.13. The van der Waals surface area contributed by atoms with Gasteiger partial charge in [-0.3, -0.25) is 4.79 Å². The number of nitrogens with zero attached hydrogens (tertiary/aromatic N) is 4. The zero-order valence-electron chi connectivity index (χ0n) is 12.4. The van der Waals surface area contributed by atoms with Crippen molar-refractivity contribution in [2.75, 3.05) is 0 Å². The molecule has 25 heavy (non-hydrogen) atoms. The van der Waals surface area contributed by atoms with Crippen molar-refractivity contribution < 1.29 is 13.2 Å². The standard InChI is InChI=1S/C13H10N6O3S3/c20-10-11(24-13(23)16-10)19-25(21,22)9-4-2-8(3-5-9)17-18-12-14-6-1-7-15-12/h1-7,11,19H,(H,16,20,23). The predicted octanol–water partition coefficient (Wildman–Crippen LogP) is 1.64. The number of thiocarbonyl (C=S) groups is 1. The van der Waals surface area contributed by atoms with Crippen molar-refractivity contribution in [3.8, 4) is 0 Å². The molecule has 1 fully saturated rings. The van der Waals surface area contributed by atoms with Gasteiger partial charge in [0.25, 0.3) is 11.9 Å². The maximum Gasteiger partial charge on any atom is 0.268 e. The number of rotatable bonds is 5. The zero-order chi connectivity index (χ0) is 17.9. The molecule has 2 N–H and O–H groups in total. The second-order valence-corrected chi connectivity index (χ2v) is 8.13. The van der Waals surface area contributed by atoms with Gasteiger partial charge < -0.3 is 5.32 Å². The number of carbonyl (C=O) groups is 1. The summed E-state index contributed by atoms with van der Waals surface area (Å²) in [6.07, 6.45) is 3.07. The highest BCUT2D eigenvalue weighted by atomic mass is 32.2. The Morgan fingerprint density at radius 1 is 1.16 bits per heavy atom. The van der Waals surface area contributed by atoms with E-state index >= 15 is 0 Å². The van der Waals surface area contributed by atoms with Crippen LogP contribution in [0.3, 0.4) is 0 Å². The molecule has 1 aromatic carbocycles. The maximum absolute atomic E-state index is 12.3. The third-order valence-corrected chi connectivity index (χ3v) is 5.77. The maximum atomic E-state index is 12.3. The highest BCUT2D eigenvalue weighted by Gasteiger charge is 2.33. The lowest BCUT2D eigenvalue weighted by Gasteiger charge is -2.09. The molecule has 0 radical (unpaired) electrons. The SMILES string of the molecule is O=C1NC(=S)SC1NS(=O)(=O)c1ccc(N=Nc2ncccn2)cc1. The molecule has 1 saturated heterocycles. The van der Waals surface area contributed by atoms with E-state index in [1.807, 2.05) is 0 Å². The Morgan fingerprint density at radius 2 is 1.84 bits per heavy atom. The molecule has 0 aliphatic carbocycles. The van der Waals surface area contributed by atoms with Crippen molar-refractivity contribution in [3.63, 3.8) is 0 Å². The van der Waals surface area contributed by atoms with Gasteiger partial charge in [-0.2, -0.15) is 4.72 Å². The van der Waals surface area contributed by atoms with E-state index in [4.69, 9.17) is 12.2 Å². The number of hydrogen-bond donors (Lipinski definition) is 2. The number of hydrogen-bond acceptors (Lipinski definition) is 9. The zero-order valence-corrected chi connectivity index (χ0v) is 14.8. The quantitative estimate of drug-likeness (QED) is 0.583. The molecule has 9 nitrogen and oxygen atoms in total. The van der Waals surface area contributed by atoms with E-state index in [2.05, 4.69) is 30.2 Å². The topological polar surface area (TPSA) is 126 Å². The average Bonchev–Trinajstić information content (AvgIpc) is 2.91. The highest BCUT2D eigenvalue weighted by molar-refractivity contribution is 8.24. The largest absolute Gasteiger partial charge is 0.309 e. The van der Waals surface area contributed by atoms with Crippen LogP contribution in [0.1, 0.15) is 0 Å². The molecule has 128 valence electrons. The molecule has 1 aromatic heterocycles. The summed E-state index contributed by atoms with van der Waals surface area (Å²) in [5.74, 6) is -0.298. The van der Waals surface area contributed by atoms with Crippen molar-refractivity contribution in [1.29, 1.82) is 0 Å². The van der Waals surface area contributed by atoms with Crippen molar-refractivity contribution in [2.45, 2.75) is 10.3 Å². The summed E-state index contributed by atoms with van der Waals surface area (Å²) in [6, 6.07) is 7.33. The molecule has 1 amide bonds. The van der Waals surface area contributed by atoms with Gasteiger partial charge in [0.15, 0.2) is 5.37 Å².